The monoisotopic (exact) mass is 254 g/mol. The Hall–Kier alpha value is -0.0500. The van der Waals surface area contributed by atoms with Crippen molar-refractivity contribution in [3.63, 3.8) is 0 Å². The third kappa shape index (κ3) is 2.50. The van der Waals surface area contributed by atoms with Crippen LogP contribution in [0.2, 0.25) is 0 Å². The lowest BCUT2D eigenvalue weighted by Crippen LogP contribution is -2.40. The maximum atomic E-state index is 11.9. The minimum absolute atomic E-state index is 0. The molecule has 1 rings (SSSR count). The number of alkyl halides is 3. The average molecular weight is 255 g/mol. The Balaban J connectivity index is 0.00000169. The molecule has 14 heavy (non-hydrogen) atoms. The Bertz CT molecular complexity index is 292. The van der Waals surface area contributed by atoms with Crippen molar-refractivity contribution in [3.8, 4) is 0 Å². The molecule has 9 heteroatoms. The van der Waals surface area contributed by atoms with E-state index < -0.39 is 21.6 Å². The van der Waals surface area contributed by atoms with Crippen molar-refractivity contribution < 1.29 is 21.6 Å². The predicted molar refractivity (Wildman–Crippen MR) is 46.4 cm³/mol. The first kappa shape index (κ1) is 13.9. The van der Waals surface area contributed by atoms with E-state index in [0.29, 0.717) is 4.31 Å². The van der Waals surface area contributed by atoms with Gasteiger partial charge in [-0.3, -0.25) is 0 Å². The minimum atomic E-state index is -5.21. The van der Waals surface area contributed by atoms with Crippen LogP contribution in [-0.2, 0) is 10.0 Å². The van der Waals surface area contributed by atoms with Crippen LogP contribution in [0.4, 0.5) is 13.2 Å². The van der Waals surface area contributed by atoms with Crippen molar-refractivity contribution in [2.24, 2.45) is 5.73 Å². The van der Waals surface area contributed by atoms with E-state index in [1.165, 1.54) is 0 Å². The highest BCUT2D eigenvalue weighted by Gasteiger charge is 2.51. The van der Waals surface area contributed by atoms with Crippen LogP contribution in [0.25, 0.3) is 0 Å². The van der Waals surface area contributed by atoms with Crippen LogP contribution in [0, 0.1) is 0 Å². The van der Waals surface area contributed by atoms with Gasteiger partial charge < -0.3 is 5.73 Å². The van der Waals surface area contributed by atoms with Gasteiger partial charge in [0.2, 0.25) is 0 Å². The van der Waals surface area contributed by atoms with E-state index in [2.05, 4.69) is 0 Å². The molecule has 0 saturated carbocycles. The molecule has 1 atom stereocenters. The lowest BCUT2D eigenvalue weighted by molar-refractivity contribution is -0.0483. The summed E-state index contributed by atoms with van der Waals surface area (Å²) in [5.74, 6) is 0. The summed E-state index contributed by atoms with van der Waals surface area (Å²) in [5, 5.41) is 0. The van der Waals surface area contributed by atoms with Gasteiger partial charge in [-0.25, -0.2) is 8.42 Å². The molecule has 2 N–H and O–H groups in total. The number of nitrogens with zero attached hydrogens (tertiary/aromatic N) is 1. The Labute approximate surface area is 85.7 Å². The highest BCUT2D eigenvalue weighted by Crippen LogP contribution is 2.28. The number of halogens is 4. The number of hydrogen-bond acceptors (Lipinski definition) is 3. The van der Waals surface area contributed by atoms with E-state index in [0.717, 1.165) is 0 Å². The van der Waals surface area contributed by atoms with Crippen molar-refractivity contribution >= 4 is 22.4 Å². The Morgan fingerprint density at radius 2 is 1.86 bits per heavy atom. The summed E-state index contributed by atoms with van der Waals surface area (Å²) >= 11 is 0. The van der Waals surface area contributed by atoms with Gasteiger partial charge in [-0.1, -0.05) is 0 Å². The molecule has 1 saturated heterocycles. The second-order valence-electron chi connectivity index (χ2n) is 2.86. The molecule has 0 radical (unpaired) electrons. The molecule has 0 aromatic heterocycles. The number of sulfonamides is 1. The normalized spacial score (nSPS) is 24.7. The van der Waals surface area contributed by atoms with E-state index in [1.54, 1.807) is 0 Å². The largest absolute Gasteiger partial charge is 0.511 e. The first-order valence-electron chi connectivity index (χ1n) is 3.57. The van der Waals surface area contributed by atoms with Crippen molar-refractivity contribution in [2.45, 2.75) is 18.0 Å². The highest BCUT2D eigenvalue weighted by atomic mass is 35.5. The van der Waals surface area contributed by atoms with Gasteiger partial charge in [-0.2, -0.15) is 17.5 Å². The minimum Gasteiger partial charge on any atom is -0.326 e. The standard InChI is InChI=1S/C5H9F3N2O2S.ClH/c6-5(7,8)13(11,12)10-2-1-4(9)3-10;/h4H,1-3,9H2;1H. The summed E-state index contributed by atoms with van der Waals surface area (Å²) in [5.41, 5.74) is 0.0804. The van der Waals surface area contributed by atoms with E-state index in [4.69, 9.17) is 5.73 Å². The van der Waals surface area contributed by atoms with Gasteiger partial charge in [0.15, 0.2) is 0 Å². The van der Waals surface area contributed by atoms with Crippen LogP contribution in [0.5, 0.6) is 0 Å². The molecule has 1 aliphatic rings. The first-order chi connectivity index (χ1) is 5.75. The first-order valence-corrected chi connectivity index (χ1v) is 5.01. The fourth-order valence-electron chi connectivity index (χ4n) is 1.12. The fourth-order valence-corrected chi connectivity index (χ4v) is 2.14. The summed E-state index contributed by atoms with van der Waals surface area (Å²) in [6.45, 7) is -0.398. The van der Waals surface area contributed by atoms with Crippen molar-refractivity contribution in [2.75, 3.05) is 13.1 Å². The summed E-state index contributed by atoms with van der Waals surface area (Å²) in [6.07, 6.45) is 0.273. The third-order valence-corrected chi connectivity index (χ3v) is 3.42. The lowest BCUT2D eigenvalue weighted by atomic mass is 10.3. The molecular formula is C5H10ClF3N2O2S. The smallest absolute Gasteiger partial charge is 0.326 e. The molecule has 86 valence electrons. The van der Waals surface area contributed by atoms with Crippen LogP contribution in [0.3, 0.4) is 0 Å². The van der Waals surface area contributed by atoms with E-state index >= 15 is 0 Å². The Kier molecular flexibility index (Phi) is 4.20. The second kappa shape index (κ2) is 4.21. The molecule has 1 unspecified atom stereocenters. The molecule has 0 aromatic rings. The van der Waals surface area contributed by atoms with Crippen molar-refractivity contribution in [1.29, 1.82) is 0 Å². The van der Waals surface area contributed by atoms with E-state index in [1.807, 2.05) is 0 Å². The molecule has 4 nitrogen and oxygen atoms in total. The zero-order valence-electron chi connectivity index (χ0n) is 6.99. The summed E-state index contributed by atoms with van der Waals surface area (Å²) in [4.78, 5) is 0. The molecule has 0 amide bonds. The quantitative estimate of drug-likeness (QED) is 0.732. The molecule has 0 spiro atoms. The maximum absolute atomic E-state index is 11.9. The zero-order valence-corrected chi connectivity index (χ0v) is 8.62. The topological polar surface area (TPSA) is 63.4 Å². The van der Waals surface area contributed by atoms with Crippen molar-refractivity contribution in [3.05, 3.63) is 0 Å². The SMILES string of the molecule is Cl.NC1CCN(S(=O)(=O)C(F)(F)F)C1. The summed E-state index contributed by atoms with van der Waals surface area (Å²) in [6, 6.07) is -0.489. The zero-order chi connectivity index (χ0) is 10.3. The van der Waals surface area contributed by atoms with Gasteiger partial charge in [0.05, 0.1) is 0 Å². The number of hydrogen-bond donors (Lipinski definition) is 1. The van der Waals surface area contributed by atoms with Crippen LogP contribution in [0.1, 0.15) is 6.42 Å². The maximum Gasteiger partial charge on any atom is 0.511 e. The van der Waals surface area contributed by atoms with Crippen LogP contribution < -0.4 is 5.73 Å². The Morgan fingerprint density at radius 1 is 1.36 bits per heavy atom. The van der Waals surface area contributed by atoms with Gasteiger partial charge in [-0.15, -0.1) is 12.4 Å². The molecule has 1 heterocycles. The third-order valence-electron chi connectivity index (χ3n) is 1.82. The summed E-state index contributed by atoms with van der Waals surface area (Å²) < 4.78 is 57.7. The highest BCUT2D eigenvalue weighted by molar-refractivity contribution is 7.90. The molecule has 0 bridgehead atoms. The van der Waals surface area contributed by atoms with Crippen LogP contribution in [0.15, 0.2) is 0 Å². The molecular weight excluding hydrogens is 245 g/mol. The van der Waals surface area contributed by atoms with E-state index in [9.17, 15) is 21.6 Å². The van der Waals surface area contributed by atoms with Gasteiger partial charge in [-0.05, 0) is 6.42 Å². The van der Waals surface area contributed by atoms with Gasteiger partial charge in [0, 0.05) is 19.1 Å². The molecule has 1 fully saturated rings. The number of rotatable bonds is 1. The van der Waals surface area contributed by atoms with Crippen LogP contribution in [-0.4, -0.2) is 37.4 Å². The van der Waals surface area contributed by atoms with Gasteiger partial charge >= 0.3 is 15.5 Å². The lowest BCUT2D eigenvalue weighted by Gasteiger charge is -2.17. The van der Waals surface area contributed by atoms with Crippen LogP contribution >= 0.6 is 12.4 Å². The average Bonchev–Trinajstić information content (AvgIpc) is 2.33. The molecule has 1 aliphatic heterocycles. The van der Waals surface area contributed by atoms with E-state index in [-0.39, 0.29) is 31.9 Å². The van der Waals surface area contributed by atoms with Gasteiger partial charge in [0.1, 0.15) is 0 Å². The fraction of sp³-hybridized carbons (Fsp3) is 1.00. The molecule has 0 aliphatic carbocycles. The second-order valence-corrected chi connectivity index (χ2v) is 4.79. The molecule has 0 aromatic carbocycles. The van der Waals surface area contributed by atoms with Crippen molar-refractivity contribution in [1.82, 2.24) is 4.31 Å². The predicted octanol–water partition coefficient (Wildman–Crippen LogP) is 0.291. The summed E-state index contributed by atoms with van der Waals surface area (Å²) in [7, 11) is -5.16. The van der Waals surface area contributed by atoms with Gasteiger partial charge in [0.25, 0.3) is 0 Å². The number of nitrogens with two attached hydrogens (primary N) is 1. The Morgan fingerprint density at radius 3 is 2.14 bits per heavy atom.